The second-order valence-electron chi connectivity index (χ2n) is 4.81. The second-order valence-corrected chi connectivity index (χ2v) is 4.81. The van der Waals surface area contributed by atoms with E-state index < -0.39 is 6.36 Å². The largest absolute Gasteiger partial charge is 0.573 e. The summed E-state index contributed by atoms with van der Waals surface area (Å²) in [4.78, 5) is 4.04. The lowest BCUT2D eigenvalue weighted by molar-refractivity contribution is -0.274. The fourth-order valence-corrected chi connectivity index (χ4v) is 1.93. The molecule has 0 fully saturated rings. The van der Waals surface area contributed by atoms with E-state index in [2.05, 4.69) is 15.0 Å². The zero-order chi connectivity index (χ0) is 17.6. The molecular weight excluding hydrogens is 453 g/mol. The van der Waals surface area contributed by atoms with Crippen LogP contribution in [0.3, 0.4) is 0 Å². The predicted octanol–water partition coefficient (Wildman–Crippen LogP) is 4.31. The Morgan fingerprint density at radius 3 is 2.32 bits per heavy atom. The van der Waals surface area contributed by atoms with Crippen molar-refractivity contribution in [3.63, 3.8) is 0 Å². The Balaban J connectivity index is 0.00000312. The van der Waals surface area contributed by atoms with Crippen molar-refractivity contribution in [1.82, 2.24) is 0 Å². The van der Waals surface area contributed by atoms with Crippen LogP contribution >= 0.6 is 24.0 Å². The third-order valence-electron chi connectivity index (χ3n) is 2.98. The van der Waals surface area contributed by atoms with Crippen LogP contribution in [0.25, 0.3) is 0 Å². The van der Waals surface area contributed by atoms with Gasteiger partial charge in [-0.3, -0.25) is 4.99 Å². The van der Waals surface area contributed by atoms with Gasteiger partial charge < -0.3 is 15.8 Å². The lowest BCUT2D eigenvalue weighted by Gasteiger charge is -2.10. The highest BCUT2D eigenvalue weighted by Gasteiger charge is 2.30. The van der Waals surface area contributed by atoms with Crippen molar-refractivity contribution in [1.29, 1.82) is 0 Å². The predicted molar refractivity (Wildman–Crippen MR) is 98.8 cm³/mol. The summed E-state index contributed by atoms with van der Waals surface area (Å²) in [5.41, 5.74) is 6.67. The van der Waals surface area contributed by atoms with E-state index in [4.69, 9.17) is 5.73 Å². The minimum atomic E-state index is -4.73. The van der Waals surface area contributed by atoms with Crippen molar-refractivity contribution in [2.24, 2.45) is 10.7 Å². The van der Waals surface area contributed by atoms with Gasteiger partial charge in [0, 0.05) is 12.2 Å². The number of rotatable bonds is 5. The number of benzene rings is 2. The molecule has 0 aliphatic rings. The van der Waals surface area contributed by atoms with Gasteiger partial charge in [0.1, 0.15) is 11.6 Å². The Labute approximate surface area is 159 Å². The van der Waals surface area contributed by atoms with E-state index in [1.807, 2.05) is 0 Å². The van der Waals surface area contributed by atoms with E-state index in [9.17, 15) is 17.6 Å². The SMILES string of the molecule is I.NC(=NCCc1ccccc1F)Nc1ccc(OC(F)(F)F)cc1. The van der Waals surface area contributed by atoms with Gasteiger partial charge in [0.2, 0.25) is 0 Å². The number of halogens is 5. The van der Waals surface area contributed by atoms with Crippen LogP contribution in [0.15, 0.2) is 53.5 Å². The second kappa shape index (κ2) is 9.44. The molecule has 0 spiro atoms. The fraction of sp³-hybridized carbons (Fsp3) is 0.188. The Morgan fingerprint density at radius 2 is 1.72 bits per heavy atom. The number of nitrogens with two attached hydrogens (primary N) is 1. The van der Waals surface area contributed by atoms with Crippen molar-refractivity contribution in [3.05, 3.63) is 59.9 Å². The molecule has 0 bridgehead atoms. The molecule has 2 aromatic carbocycles. The molecule has 136 valence electrons. The molecule has 25 heavy (non-hydrogen) atoms. The quantitative estimate of drug-likeness (QED) is 0.297. The van der Waals surface area contributed by atoms with Gasteiger partial charge in [-0.15, -0.1) is 37.1 Å². The van der Waals surface area contributed by atoms with Crippen LogP contribution in [-0.2, 0) is 6.42 Å². The van der Waals surface area contributed by atoms with E-state index in [0.29, 0.717) is 17.7 Å². The topological polar surface area (TPSA) is 59.6 Å². The lowest BCUT2D eigenvalue weighted by atomic mass is 10.1. The first-order chi connectivity index (χ1) is 11.3. The van der Waals surface area contributed by atoms with Crippen molar-refractivity contribution >= 4 is 35.6 Å². The minimum Gasteiger partial charge on any atom is -0.406 e. The van der Waals surface area contributed by atoms with Crippen molar-refractivity contribution < 1.29 is 22.3 Å². The molecule has 0 saturated carbocycles. The number of alkyl halides is 3. The van der Waals surface area contributed by atoms with Crippen molar-refractivity contribution in [2.75, 3.05) is 11.9 Å². The van der Waals surface area contributed by atoms with Gasteiger partial charge in [-0.1, -0.05) is 18.2 Å². The molecule has 2 aromatic rings. The number of nitrogens with zero attached hydrogens (tertiary/aromatic N) is 1. The Kier molecular flexibility index (Phi) is 7.94. The number of hydrogen-bond acceptors (Lipinski definition) is 2. The molecule has 0 aliphatic heterocycles. The van der Waals surface area contributed by atoms with Gasteiger partial charge in [-0.05, 0) is 42.3 Å². The highest BCUT2D eigenvalue weighted by molar-refractivity contribution is 14.0. The molecule has 0 atom stereocenters. The van der Waals surface area contributed by atoms with Gasteiger partial charge in [0.25, 0.3) is 0 Å². The average molecular weight is 469 g/mol. The zero-order valence-electron chi connectivity index (χ0n) is 12.9. The molecule has 3 N–H and O–H groups in total. The summed E-state index contributed by atoms with van der Waals surface area (Å²) >= 11 is 0. The Bertz CT molecular complexity index is 705. The molecule has 0 aromatic heterocycles. The summed E-state index contributed by atoms with van der Waals surface area (Å²) in [6.07, 6.45) is -4.35. The molecule has 2 rings (SSSR count). The zero-order valence-corrected chi connectivity index (χ0v) is 15.2. The molecule has 0 radical (unpaired) electrons. The first-order valence-corrected chi connectivity index (χ1v) is 6.99. The van der Waals surface area contributed by atoms with E-state index in [-0.39, 0.29) is 48.0 Å². The number of hydrogen-bond donors (Lipinski definition) is 2. The van der Waals surface area contributed by atoms with Crippen LogP contribution in [0.5, 0.6) is 5.75 Å². The van der Waals surface area contributed by atoms with E-state index in [1.54, 1.807) is 18.2 Å². The maximum Gasteiger partial charge on any atom is 0.573 e. The third kappa shape index (κ3) is 7.59. The van der Waals surface area contributed by atoms with Crippen LogP contribution in [0.2, 0.25) is 0 Å². The lowest BCUT2D eigenvalue weighted by Crippen LogP contribution is -2.23. The van der Waals surface area contributed by atoms with E-state index in [1.165, 1.54) is 18.2 Å². The van der Waals surface area contributed by atoms with Gasteiger partial charge in [0.05, 0.1) is 0 Å². The van der Waals surface area contributed by atoms with E-state index in [0.717, 1.165) is 12.1 Å². The normalized spacial score (nSPS) is 11.6. The van der Waals surface area contributed by atoms with Crippen LogP contribution in [0.1, 0.15) is 5.56 Å². The van der Waals surface area contributed by atoms with Crippen LogP contribution in [0.4, 0.5) is 23.2 Å². The van der Waals surface area contributed by atoms with E-state index >= 15 is 0 Å². The summed E-state index contributed by atoms with van der Waals surface area (Å²) in [6, 6.07) is 11.4. The van der Waals surface area contributed by atoms with Crippen molar-refractivity contribution in [3.8, 4) is 5.75 Å². The summed E-state index contributed by atoms with van der Waals surface area (Å²) in [5.74, 6) is -0.557. The maximum atomic E-state index is 13.4. The number of anilines is 1. The Hall–Kier alpha value is -2.04. The third-order valence-corrected chi connectivity index (χ3v) is 2.98. The number of aliphatic imine (C=N–C) groups is 1. The molecule has 0 unspecified atom stereocenters. The first-order valence-electron chi connectivity index (χ1n) is 6.99. The van der Waals surface area contributed by atoms with Crippen molar-refractivity contribution in [2.45, 2.75) is 12.8 Å². The summed E-state index contributed by atoms with van der Waals surface area (Å²) < 4.78 is 53.4. The minimum absolute atomic E-state index is 0. The fourth-order valence-electron chi connectivity index (χ4n) is 1.93. The Morgan fingerprint density at radius 1 is 1.08 bits per heavy atom. The first kappa shape index (κ1) is 21.0. The number of nitrogens with one attached hydrogen (secondary N) is 1. The van der Waals surface area contributed by atoms with Crippen LogP contribution < -0.4 is 15.8 Å². The molecule has 0 aliphatic carbocycles. The van der Waals surface area contributed by atoms with Crippen LogP contribution in [-0.4, -0.2) is 18.9 Å². The van der Waals surface area contributed by atoms with Gasteiger partial charge in [0.15, 0.2) is 5.96 Å². The molecule has 0 amide bonds. The molecule has 4 nitrogen and oxygen atoms in total. The summed E-state index contributed by atoms with van der Waals surface area (Å²) in [7, 11) is 0. The maximum absolute atomic E-state index is 13.4. The highest BCUT2D eigenvalue weighted by atomic mass is 127. The molecule has 0 saturated heterocycles. The van der Waals surface area contributed by atoms with Crippen LogP contribution in [0, 0.1) is 5.82 Å². The summed E-state index contributed by atoms with van der Waals surface area (Å²) in [6.45, 7) is 0.273. The summed E-state index contributed by atoms with van der Waals surface area (Å²) in [5, 5.41) is 2.73. The molecule has 0 heterocycles. The standard InChI is InChI=1S/C16H15F4N3O.HI/c17-14-4-2-1-3-11(14)9-10-22-15(21)23-12-5-7-13(8-6-12)24-16(18,19)20;/h1-8H,9-10H2,(H3,21,22,23);1H. The highest BCUT2D eigenvalue weighted by Crippen LogP contribution is 2.23. The molecular formula is C16H16F4IN3O. The van der Waals surface area contributed by atoms with Gasteiger partial charge in [-0.25, -0.2) is 4.39 Å². The number of ether oxygens (including phenoxy) is 1. The van der Waals surface area contributed by atoms with Gasteiger partial charge >= 0.3 is 6.36 Å². The number of guanidine groups is 1. The smallest absolute Gasteiger partial charge is 0.406 e. The average Bonchev–Trinajstić information content (AvgIpc) is 2.50. The van der Waals surface area contributed by atoms with Gasteiger partial charge in [-0.2, -0.15) is 0 Å². The molecule has 9 heteroatoms. The monoisotopic (exact) mass is 469 g/mol.